The van der Waals surface area contributed by atoms with Crippen molar-refractivity contribution >= 4 is 5.82 Å². The monoisotopic (exact) mass is 280 g/mol. The van der Waals surface area contributed by atoms with Crippen LogP contribution in [0.2, 0.25) is 0 Å². The third kappa shape index (κ3) is 4.51. The smallest absolute Gasteiger partial charge is 0.131 e. The van der Waals surface area contributed by atoms with Crippen LogP contribution in [0.1, 0.15) is 52.8 Å². The van der Waals surface area contributed by atoms with E-state index < -0.39 is 0 Å². The highest BCUT2D eigenvalue weighted by molar-refractivity contribution is 5.50. The molecule has 0 amide bonds. The molecule has 0 saturated carbocycles. The Morgan fingerprint density at radius 1 is 1.30 bits per heavy atom. The van der Waals surface area contributed by atoms with E-state index in [9.17, 15) is 0 Å². The van der Waals surface area contributed by atoms with Crippen LogP contribution in [0.3, 0.4) is 0 Å². The zero-order chi connectivity index (χ0) is 15.5. The molecule has 1 rings (SSSR count). The van der Waals surface area contributed by atoms with Crippen LogP contribution in [0, 0.1) is 12.8 Å². The van der Waals surface area contributed by atoms with Crippen molar-refractivity contribution < 1.29 is 0 Å². The maximum Gasteiger partial charge on any atom is 0.131 e. The average Bonchev–Trinajstić information content (AvgIpc) is 2.57. The molecule has 0 aliphatic rings. The lowest BCUT2D eigenvalue weighted by molar-refractivity contribution is 0.423. The molecule has 0 aromatic carbocycles. The Labute approximate surface area is 124 Å². The van der Waals surface area contributed by atoms with E-state index in [2.05, 4.69) is 63.8 Å². The van der Waals surface area contributed by atoms with Gasteiger partial charge in [0, 0.05) is 37.8 Å². The van der Waals surface area contributed by atoms with Gasteiger partial charge in [-0.25, -0.2) is 0 Å². The molecular weight excluding hydrogens is 248 g/mol. The quantitative estimate of drug-likeness (QED) is 0.869. The highest BCUT2D eigenvalue weighted by Crippen LogP contribution is 2.24. The molecule has 0 aliphatic heterocycles. The van der Waals surface area contributed by atoms with Gasteiger partial charge < -0.3 is 10.2 Å². The van der Waals surface area contributed by atoms with Gasteiger partial charge in [0.25, 0.3) is 0 Å². The number of hydrogen-bond acceptors (Lipinski definition) is 3. The van der Waals surface area contributed by atoms with Crippen molar-refractivity contribution in [2.24, 2.45) is 13.0 Å². The molecule has 0 aliphatic carbocycles. The second-order valence-corrected chi connectivity index (χ2v) is 7.05. The highest BCUT2D eigenvalue weighted by Gasteiger charge is 2.20. The van der Waals surface area contributed by atoms with Crippen molar-refractivity contribution in [1.82, 2.24) is 15.1 Å². The number of aromatic nitrogens is 2. The van der Waals surface area contributed by atoms with E-state index in [0.29, 0.717) is 5.92 Å². The summed E-state index contributed by atoms with van der Waals surface area (Å²) >= 11 is 0. The van der Waals surface area contributed by atoms with Gasteiger partial charge >= 0.3 is 0 Å². The van der Waals surface area contributed by atoms with Gasteiger partial charge in [-0.05, 0) is 40.5 Å². The molecule has 116 valence electrons. The van der Waals surface area contributed by atoms with E-state index in [0.717, 1.165) is 25.3 Å². The number of rotatable bonds is 6. The summed E-state index contributed by atoms with van der Waals surface area (Å²) in [5.74, 6) is 1.91. The first-order valence-corrected chi connectivity index (χ1v) is 7.68. The zero-order valence-corrected chi connectivity index (χ0v) is 14.5. The lowest BCUT2D eigenvalue weighted by Gasteiger charge is -2.27. The van der Waals surface area contributed by atoms with Gasteiger partial charge in [0.2, 0.25) is 0 Å². The maximum atomic E-state index is 4.62. The summed E-state index contributed by atoms with van der Waals surface area (Å²) in [5, 5.41) is 8.21. The Hall–Kier alpha value is -1.03. The second-order valence-electron chi connectivity index (χ2n) is 7.05. The zero-order valence-electron chi connectivity index (χ0n) is 14.5. The molecule has 4 heteroatoms. The molecule has 0 spiro atoms. The fourth-order valence-corrected chi connectivity index (χ4v) is 2.45. The second kappa shape index (κ2) is 6.61. The molecule has 1 N–H and O–H groups in total. The van der Waals surface area contributed by atoms with Crippen LogP contribution in [0.5, 0.6) is 0 Å². The molecule has 1 heterocycles. The minimum absolute atomic E-state index is 0.120. The maximum absolute atomic E-state index is 4.62. The molecule has 0 fully saturated rings. The lowest BCUT2D eigenvalue weighted by Crippen LogP contribution is -2.36. The summed E-state index contributed by atoms with van der Waals surface area (Å²) in [6.07, 6.45) is 0. The molecule has 1 aromatic rings. The molecule has 20 heavy (non-hydrogen) atoms. The minimum Gasteiger partial charge on any atom is -0.357 e. The Balaban J connectivity index is 3.04. The lowest BCUT2D eigenvalue weighted by atomic mass is 10.1. The summed E-state index contributed by atoms with van der Waals surface area (Å²) in [5.41, 5.74) is 2.57. The number of nitrogens with one attached hydrogen (secondary N) is 1. The molecule has 0 atom stereocenters. The van der Waals surface area contributed by atoms with Gasteiger partial charge in [-0.1, -0.05) is 13.8 Å². The molecular formula is C16H32N4. The summed E-state index contributed by atoms with van der Waals surface area (Å²) in [6.45, 7) is 18.4. The van der Waals surface area contributed by atoms with Gasteiger partial charge in [-0.3, -0.25) is 4.68 Å². The Morgan fingerprint density at radius 2 is 1.90 bits per heavy atom. The van der Waals surface area contributed by atoms with E-state index in [4.69, 9.17) is 0 Å². The normalized spacial score (nSPS) is 12.2. The largest absolute Gasteiger partial charge is 0.357 e. The van der Waals surface area contributed by atoms with Gasteiger partial charge in [-0.15, -0.1) is 0 Å². The first-order valence-electron chi connectivity index (χ1n) is 7.68. The Morgan fingerprint density at radius 3 is 2.35 bits per heavy atom. The topological polar surface area (TPSA) is 33.1 Å². The fraction of sp³-hybridized carbons (Fsp3) is 0.812. The SMILES string of the molecule is CCN(CC(C)C)c1c(CNC(C)(C)C)c(C)nn1C. The summed E-state index contributed by atoms with van der Waals surface area (Å²) in [7, 11) is 2.05. The predicted octanol–water partition coefficient (Wildman–Crippen LogP) is 3.10. The molecule has 0 bridgehead atoms. The first kappa shape index (κ1) is 17.0. The third-order valence-corrected chi connectivity index (χ3v) is 3.38. The van der Waals surface area contributed by atoms with Crippen LogP contribution < -0.4 is 10.2 Å². The van der Waals surface area contributed by atoms with Crippen LogP contribution in [0.15, 0.2) is 0 Å². The van der Waals surface area contributed by atoms with E-state index in [-0.39, 0.29) is 5.54 Å². The molecule has 1 aromatic heterocycles. The van der Waals surface area contributed by atoms with Gasteiger partial charge in [0.15, 0.2) is 0 Å². The third-order valence-electron chi connectivity index (χ3n) is 3.38. The summed E-state index contributed by atoms with van der Waals surface area (Å²) in [6, 6.07) is 0. The highest BCUT2D eigenvalue weighted by atomic mass is 15.4. The van der Waals surface area contributed by atoms with Crippen molar-refractivity contribution in [2.75, 3.05) is 18.0 Å². The predicted molar refractivity (Wildman–Crippen MR) is 87.3 cm³/mol. The molecule has 0 radical (unpaired) electrons. The van der Waals surface area contributed by atoms with Gasteiger partial charge in [-0.2, -0.15) is 5.10 Å². The fourth-order valence-electron chi connectivity index (χ4n) is 2.45. The number of hydrogen-bond donors (Lipinski definition) is 1. The molecule has 4 nitrogen and oxygen atoms in total. The minimum atomic E-state index is 0.120. The van der Waals surface area contributed by atoms with Crippen molar-refractivity contribution in [1.29, 1.82) is 0 Å². The van der Waals surface area contributed by atoms with E-state index in [1.165, 1.54) is 11.4 Å². The Bertz CT molecular complexity index is 426. The standard InChI is InChI=1S/C16H32N4/c1-9-20(11-12(2)3)15-14(10-17-16(5,6)7)13(4)18-19(15)8/h12,17H,9-11H2,1-8H3. The number of nitrogens with zero attached hydrogens (tertiary/aromatic N) is 3. The van der Waals surface area contributed by atoms with Crippen molar-refractivity contribution in [3.05, 3.63) is 11.3 Å². The number of anilines is 1. The average molecular weight is 280 g/mol. The number of aryl methyl sites for hydroxylation is 2. The van der Waals surface area contributed by atoms with E-state index >= 15 is 0 Å². The van der Waals surface area contributed by atoms with Crippen LogP contribution in [0.4, 0.5) is 5.82 Å². The molecule has 0 unspecified atom stereocenters. The van der Waals surface area contributed by atoms with Gasteiger partial charge in [0.1, 0.15) is 5.82 Å². The summed E-state index contributed by atoms with van der Waals surface area (Å²) in [4.78, 5) is 2.43. The van der Waals surface area contributed by atoms with Crippen molar-refractivity contribution in [3.8, 4) is 0 Å². The van der Waals surface area contributed by atoms with E-state index in [1.54, 1.807) is 0 Å². The van der Waals surface area contributed by atoms with Gasteiger partial charge in [0.05, 0.1) is 5.69 Å². The van der Waals surface area contributed by atoms with Crippen molar-refractivity contribution in [3.63, 3.8) is 0 Å². The van der Waals surface area contributed by atoms with Crippen LogP contribution in [-0.4, -0.2) is 28.4 Å². The summed E-state index contributed by atoms with van der Waals surface area (Å²) < 4.78 is 2.03. The van der Waals surface area contributed by atoms with Crippen molar-refractivity contribution in [2.45, 2.75) is 60.5 Å². The van der Waals surface area contributed by atoms with Crippen LogP contribution in [-0.2, 0) is 13.6 Å². The van der Waals surface area contributed by atoms with Crippen LogP contribution in [0.25, 0.3) is 0 Å². The molecule has 0 saturated heterocycles. The van der Waals surface area contributed by atoms with Crippen LogP contribution >= 0.6 is 0 Å². The van der Waals surface area contributed by atoms with E-state index in [1.807, 2.05) is 11.7 Å². The first-order chi connectivity index (χ1) is 9.15. The Kier molecular flexibility index (Phi) is 5.63.